The van der Waals surface area contributed by atoms with Crippen molar-refractivity contribution in [3.63, 3.8) is 0 Å². The van der Waals surface area contributed by atoms with Crippen LogP contribution in [0.5, 0.6) is 0 Å². The van der Waals surface area contributed by atoms with Crippen molar-refractivity contribution >= 4 is 11.8 Å². The summed E-state index contributed by atoms with van der Waals surface area (Å²) in [5, 5.41) is 9.62. The highest BCUT2D eigenvalue weighted by Gasteiger charge is 2.18. The first-order chi connectivity index (χ1) is 8.18. The molecule has 0 heterocycles. The minimum atomic E-state index is -0.734. The van der Waals surface area contributed by atoms with Crippen molar-refractivity contribution < 1.29 is 9.50 Å². The normalized spacial score (nSPS) is 18.5. The van der Waals surface area contributed by atoms with E-state index in [9.17, 15) is 9.50 Å². The first-order valence-corrected chi connectivity index (χ1v) is 7.26. The Kier molecular flexibility index (Phi) is 4.46. The number of hydrogen-bond acceptors (Lipinski definition) is 2. The quantitative estimate of drug-likeness (QED) is 0.814. The van der Waals surface area contributed by atoms with Crippen LogP contribution in [0.25, 0.3) is 0 Å². The predicted octanol–water partition coefficient (Wildman–Crippen LogP) is 4.16. The molecule has 0 radical (unpaired) electrons. The first kappa shape index (κ1) is 12.9. The first-order valence-electron chi connectivity index (χ1n) is 6.27. The Bertz CT molecular complexity index is 372. The molecule has 1 fully saturated rings. The highest BCUT2D eigenvalue weighted by Crippen LogP contribution is 2.34. The minimum Gasteiger partial charge on any atom is -0.389 e. The molecule has 1 nitrogen and oxygen atoms in total. The van der Waals surface area contributed by atoms with E-state index in [1.165, 1.54) is 31.7 Å². The zero-order valence-corrected chi connectivity index (χ0v) is 11.0. The summed E-state index contributed by atoms with van der Waals surface area (Å²) in [7, 11) is 0. The van der Waals surface area contributed by atoms with E-state index in [1.807, 2.05) is 6.07 Å². The molecule has 0 unspecified atom stereocenters. The molecule has 1 N–H and O–H groups in total. The number of rotatable bonds is 4. The number of halogens is 1. The Morgan fingerprint density at radius 3 is 2.76 bits per heavy atom. The Balaban J connectivity index is 2.06. The second kappa shape index (κ2) is 5.87. The summed E-state index contributed by atoms with van der Waals surface area (Å²) < 4.78 is 13.6. The lowest BCUT2D eigenvalue weighted by atomic mass is 10.1. The van der Waals surface area contributed by atoms with Gasteiger partial charge in [0.1, 0.15) is 5.82 Å². The second-order valence-corrected chi connectivity index (χ2v) is 5.85. The van der Waals surface area contributed by atoms with E-state index in [1.54, 1.807) is 24.8 Å². The van der Waals surface area contributed by atoms with Gasteiger partial charge in [-0.2, -0.15) is 0 Å². The van der Waals surface area contributed by atoms with E-state index < -0.39 is 6.10 Å². The highest BCUT2D eigenvalue weighted by molar-refractivity contribution is 7.99. The average molecular weight is 254 g/mol. The van der Waals surface area contributed by atoms with Crippen molar-refractivity contribution in [3.8, 4) is 0 Å². The molecular weight excluding hydrogens is 235 g/mol. The monoisotopic (exact) mass is 254 g/mol. The van der Waals surface area contributed by atoms with Crippen LogP contribution in [0.2, 0.25) is 0 Å². The van der Waals surface area contributed by atoms with E-state index in [0.29, 0.717) is 5.56 Å². The smallest absolute Gasteiger partial charge is 0.130 e. The highest BCUT2D eigenvalue weighted by atomic mass is 32.2. The lowest BCUT2D eigenvalue weighted by Crippen LogP contribution is -2.01. The third-order valence-corrected chi connectivity index (χ3v) is 4.69. The van der Waals surface area contributed by atoms with E-state index in [-0.39, 0.29) is 5.82 Å². The molecule has 1 atom stereocenters. The fraction of sp³-hybridized carbons (Fsp3) is 0.571. The van der Waals surface area contributed by atoms with Gasteiger partial charge in [0.25, 0.3) is 0 Å². The van der Waals surface area contributed by atoms with Crippen LogP contribution in [-0.2, 0) is 0 Å². The number of benzene rings is 1. The molecule has 17 heavy (non-hydrogen) atoms. The van der Waals surface area contributed by atoms with Crippen molar-refractivity contribution in [2.24, 2.45) is 5.92 Å². The third kappa shape index (κ3) is 3.23. The molecule has 1 aliphatic rings. The van der Waals surface area contributed by atoms with Crippen LogP contribution in [-0.4, -0.2) is 10.9 Å². The Morgan fingerprint density at radius 1 is 1.41 bits per heavy atom. The number of thioether (sulfide) groups is 1. The summed E-state index contributed by atoms with van der Waals surface area (Å²) in [6.07, 6.45) is 4.52. The second-order valence-electron chi connectivity index (χ2n) is 4.79. The van der Waals surface area contributed by atoms with Crippen LogP contribution in [0, 0.1) is 11.7 Å². The zero-order valence-electron chi connectivity index (χ0n) is 10.2. The van der Waals surface area contributed by atoms with Gasteiger partial charge >= 0.3 is 0 Å². The number of aliphatic hydroxyl groups is 1. The molecule has 3 heteroatoms. The van der Waals surface area contributed by atoms with Gasteiger partial charge in [-0.05, 0) is 37.8 Å². The molecular formula is C14H19FOS. The SMILES string of the molecule is C[C@@H](O)c1c(F)cccc1SCC1CCCC1. The summed E-state index contributed by atoms with van der Waals surface area (Å²) in [5.74, 6) is 1.52. The summed E-state index contributed by atoms with van der Waals surface area (Å²) in [6.45, 7) is 1.62. The van der Waals surface area contributed by atoms with Crippen LogP contribution >= 0.6 is 11.8 Å². The maximum Gasteiger partial charge on any atom is 0.130 e. The Hall–Kier alpha value is -0.540. The van der Waals surface area contributed by atoms with Crippen LogP contribution in [0.1, 0.15) is 44.3 Å². The van der Waals surface area contributed by atoms with Gasteiger partial charge in [0.15, 0.2) is 0 Å². The van der Waals surface area contributed by atoms with Crippen molar-refractivity contribution in [2.75, 3.05) is 5.75 Å². The fourth-order valence-electron chi connectivity index (χ4n) is 2.43. The number of aliphatic hydroxyl groups excluding tert-OH is 1. The summed E-state index contributed by atoms with van der Waals surface area (Å²) in [4.78, 5) is 0.895. The van der Waals surface area contributed by atoms with Gasteiger partial charge in [-0.3, -0.25) is 0 Å². The lowest BCUT2D eigenvalue weighted by molar-refractivity contribution is 0.191. The Labute approximate surface area is 106 Å². The van der Waals surface area contributed by atoms with Gasteiger partial charge in [-0.25, -0.2) is 4.39 Å². The topological polar surface area (TPSA) is 20.2 Å². The van der Waals surface area contributed by atoms with Gasteiger partial charge in [0, 0.05) is 16.2 Å². The average Bonchev–Trinajstić information content (AvgIpc) is 2.78. The van der Waals surface area contributed by atoms with Crippen molar-refractivity contribution in [1.82, 2.24) is 0 Å². The predicted molar refractivity (Wildman–Crippen MR) is 69.7 cm³/mol. The van der Waals surface area contributed by atoms with Crippen LogP contribution in [0.3, 0.4) is 0 Å². The molecule has 94 valence electrons. The van der Waals surface area contributed by atoms with E-state index in [4.69, 9.17) is 0 Å². The van der Waals surface area contributed by atoms with Crippen LogP contribution in [0.4, 0.5) is 4.39 Å². The van der Waals surface area contributed by atoms with E-state index in [2.05, 4.69) is 0 Å². The summed E-state index contributed by atoms with van der Waals surface area (Å²) >= 11 is 1.69. The summed E-state index contributed by atoms with van der Waals surface area (Å²) in [6, 6.07) is 5.05. The van der Waals surface area contributed by atoms with E-state index >= 15 is 0 Å². The van der Waals surface area contributed by atoms with Gasteiger partial charge in [-0.15, -0.1) is 11.8 Å². The van der Waals surface area contributed by atoms with Gasteiger partial charge in [-0.1, -0.05) is 18.9 Å². The summed E-state index contributed by atoms with van der Waals surface area (Å²) in [5.41, 5.74) is 0.454. The molecule has 0 amide bonds. The molecule has 0 aliphatic heterocycles. The van der Waals surface area contributed by atoms with Gasteiger partial charge in [0.05, 0.1) is 6.10 Å². The Morgan fingerprint density at radius 2 is 2.12 bits per heavy atom. The maximum absolute atomic E-state index is 13.6. The molecule has 2 rings (SSSR count). The lowest BCUT2D eigenvalue weighted by Gasteiger charge is -2.14. The molecule has 1 aliphatic carbocycles. The zero-order chi connectivity index (χ0) is 12.3. The molecule has 0 aromatic heterocycles. The molecule has 0 saturated heterocycles. The van der Waals surface area contributed by atoms with Gasteiger partial charge in [0.2, 0.25) is 0 Å². The maximum atomic E-state index is 13.6. The standard InChI is InChI=1S/C14H19FOS/c1-10(16)14-12(15)7-4-8-13(14)17-9-11-5-2-3-6-11/h4,7-8,10-11,16H,2-3,5-6,9H2,1H3/t10-/m1/s1. The molecule has 1 aromatic rings. The van der Waals surface area contributed by atoms with E-state index in [0.717, 1.165) is 16.6 Å². The minimum absolute atomic E-state index is 0.295. The largest absolute Gasteiger partial charge is 0.389 e. The molecule has 1 aromatic carbocycles. The molecule has 1 saturated carbocycles. The molecule has 0 bridgehead atoms. The van der Waals surface area contributed by atoms with Crippen molar-refractivity contribution in [3.05, 3.63) is 29.6 Å². The van der Waals surface area contributed by atoms with Crippen LogP contribution < -0.4 is 0 Å². The van der Waals surface area contributed by atoms with Crippen LogP contribution in [0.15, 0.2) is 23.1 Å². The number of hydrogen-bond donors (Lipinski definition) is 1. The fourth-order valence-corrected chi connectivity index (χ4v) is 3.78. The van der Waals surface area contributed by atoms with Crippen molar-refractivity contribution in [2.45, 2.75) is 43.6 Å². The third-order valence-electron chi connectivity index (χ3n) is 3.38. The molecule has 0 spiro atoms. The van der Waals surface area contributed by atoms with Gasteiger partial charge < -0.3 is 5.11 Å². The van der Waals surface area contributed by atoms with Crippen molar-refractivity contribution in [1.29, 1.82) is 0 Å².